The van der Waals surface area contributed by atoms with Crippen molar-refractivity contribution >= 4 is 69.4 Å². The molecule has 0 amide bonds. The standard InChI is InChI=1S/C9H20NO.C8H18NO.C7H16NO.C7H15NO.C6H14NO.C6H13NO.4C5H11NO.C4H9NO.C3H7NO.12CH4.6CH3/c1-5-10(6-2,7-3)8-9(4)11;1-5-9(4,6-2)7-8(3)10;1-5-8(3,4)6-7(2)9;1-4-8(5-2)6-7(3)9;1-6(8)5-7(2,3)4;1-4-6(7-3)5(2)8;2*1-5(7)4-6(2)3;1-4(6-3)5(2)7;1-3-6-4-5(2)7;1-4(6)3-5-2;1-3(5)2-4;;;;;;;;;;;;;;;;;;/h5-8H2,1-4H3;5-7H2,1-4H3;5-6H2,1-4H3;4-6H2,1-3H3;5H2,1-4H3;6-7H,4H2,1-3H3;2*4H2,1-3H3;4,6H,1-3H3;6H,3-4H2,1-2H3;5H,3H2,1-2H3;2,4H2,1H3;12*1H4;6*1H3/q3*+1;;+1;;;;;;;;;;;;;;;;;;;;6*-1/p+1. The largest absolute Gasteiger partial charge is 0.358 e. The maximum atomic E-state index is 10.9. The quantitative estimate of drug-likeness (QED) is 0.0263. The summed E-state index contributed by atoms with van der Waals surface area (Å²) < 4.78 is 3.34. The topological polar surface area (TPSA) is 290 Å². The summed E-state index contributed by atoms with van der Waals surface area (Å²) in [6.07, 6.45) is 0.881. The van der Waals surface area contributed by atoms with Gasteiger partial charge >= 0.3 is 0 Å². The minimum atomic E-state index is 0. The van der Waals surface area contributed by atoms with E-state index in [1.165, 1.54) is 11.8 Å². The summed E-state index contributed by atoms with van der Waals surface area (Å²) in [6, 6.07) is 0.0787. The van der Waals surface area contributed by atoms with E-state index in [9.17, 15) is 57.5 Å². The van der Waals surface area contributed by atoms with Crippen LogP contribution in [0.3, 0.4) is 0 Å². The van der Waals surface area contributed by atoms with Gasteiger partial charge in [-0.15, -0.1) is 0 Å². The third-order valence-electron chi connectivity index (χ3n) is 13.0. The summed E-state index contributed by atoms with van der Waals surface area (Å²) in [5.74, 6) is 2.62. The normalized spacial score (nSPS) is 9.11. The minimum absolute atomic E-state index is 0. The molecule has 24 heteroatoms. The van der Waals surface area contributed by atoms with Gasteiger partial charge in [0.25, 0.3) is 0 Å². The van der Waals surface area contributed by atoms with Crippen molar-refractivity contribution in [3.05, 3.63) is 44.6 Å². The number of quaternary nitrogens is 5. The number of nitrogens with zero attached hydrogens (tertiary/aromatic N) is 6. The fourth-order valence-electron chi connectivity index (χ4n) is 7.00. The number of Topliss-reactive ketones (excluding diaryl/α,β-unsaturated/α-hetero) is 12. The molecule has 0 aliphatic heterocycles. The highest BCUT2D eigenvalue weighted by atomic mass is 16.2. The smallest absolute Gasteiger partial charge is 0.183 e. The Morgan fingerprint density at radius 3 is 0.750 bits per heavy atom. The van der Waals surface area contributed by atoms with Crippen molar-refractivity contribution < 1.29 is 80.4 Å². The highest BCUT2D eigenvalue weighted by molar-refractivity contribution is 5.82. The zero-order chi connectivity index (χ0) is 77.8. The molecule has 112 heavy (non-hydrogen) atoms. The molecule has 708 valence electrons. The summed E-state index contributed by atoms with van der Waals surface area (Å²) >= 11 is 0. The van der Waals surface area contributed by atoms with Crippen molar-refractivity contribution in [2.45, 2.75) is 267 Å². The van der Waals surface area contributed by atoms with Crippen LogP contribution >= 0.6 is 0 Å². The minimum Gasteiger partial charge on any atom is -0.358 e. The number of nitrogens with two attached hydrogens (primary N) is 1. The van der Waals surface area contributed by atoms with Crippen molar-refractivity contribution in [2.24, 2.45) is 5.73 Å². The van der Waals surface area contributed by atoms with Gasteiger partial charge in [-0.25, -0.2) is 0 Å². The highest BCUT2D eigenvalue weighted by Gasteiger charge is 2.22. The summed E-state index contributed by atoms with van der Waals surface area (Å²) in [6.45, 7) is 56.5. The van der Waals surface area contributed by atoms with Gasteiger partial charge in [0.1, 0.15) is 73.2 Å². The van der Waals surface area contributed by atoms with E-state index in [1.807, 2.05) is 75.0 Å². The molecule has 2 unspecified atom stereocenters. The molecule has 24 nitrogen and oxygen atoms in total. The summed E-state index contributed by atoms with van der Waals surface area (Å²) in [5, 5.41) is 11.3. The van der Waals surface area contributed by atoms with E-state index in [2.05, 4.69) is 103 Å². The van der Waals surface area contributed by atoms with Gasteiger partial charge < -0.3 is 99.3 Å². The Bertz CT molecular complexity index is 1900. The molecule has 7 N–H and O–H groups in total. The van der Waals surface area contributed by atoms with Gasteiger partial charge in [0, 0.05) is 34.6 Å². The molecule has 0 bridgehead atoms. The molecular weight excluding hydrogens is 1420 g/mol. The number of ketones is 12. The van der Waals surface area contributed by atoms with Crippen LogP contribution in [0.5, 0.6) is 0 Å². The fraction of sp³-hybridized carbons (Fsp3) is 0.795. The number of hydrogen-bond donors (Lipinski definition) is 6. The van der Waals surface area contributed by atoms with Gasteiger partial charge in [0.15, 0.2) is 28.9 Å². The van der Waals surface area contributed by atoms with Gasteiger partial charge in [-0.2, -0.15) is 0 Å². The van der Waals surface area contributed by atoms with Crippen molar-refractivity contribution in [3.63, 3.8) is 0 Å². The molecule has 0 aromatic heterocycles. The molecule has 0 saturated heterocycles. The van der Waals surface area contributed by atoms with Crippen LogP contribution in [0.25, 0.3) is 0 Å². The molecule has 0 aromatic rings. The third kappa shape index (κ3) is 219. The second kappa shape index (κ2) is 133. The van der Waals surface area contributed by atoms with E-state index in [4.69, 9.17) is 5.73 Å². The predicted molar refractivity (Wildman–Crippen MR) is 514 cm³/mol. The molecule has 0 heterocycles. The average molecular weight is 1640 g/mol. The predicted octanol–water partition coefficient (Wildman–Crippen LogP) is 13.8. The lowest BCUT2D eigenvalue weighted by Crippen LogP contribution is -3.06. The third-order valence-corrected chi connectivity index (χ3v) is 13.0. The second-order valence-electron chi connectivity index (χ2n) is 25.8. The maximum Gasteiger partial charge on any atom is 0.183 e. The van der Waals surface area contributed by atoms with E-state index < -0.39 is 0 Å². The summed E-state index contributed by atoms with van der Waals surface area (Å²) in [7, 11) is 25.2. The molecule has 0 spiro atoms. The highest BCUT2D eigenvalue weighted by Crippen LogP contribution is 2.05. The van der Waals surface area contributed by atoms with Gasteiger partial charge in [0.05, 0.1) is 140 Å². The van der Waals surface area contributed by atoms with E-state index >= 15 is 0 Å². The molecule has 0 aliphatic carbocycles. The Morgan fingerprint density at radius 1 is 0.393 bits per heavy atom. The molecule has 0 aliphatic rings. The summed E-state index contributed by atoms with van der Waals surface area (Å²) in [5.41, 5.74) is 4.82. The lowest BCUT2D eigenvalue weighted by atomic mass is 10.1. The first-order chi connectivity index (χ1) is 42.7. The lowest BCUT2D eigenvalue weighted by molar-refractivity contribution is -0.915. The van der Waals surface area contributed by atoms with Crippen molar-refractivity contribution in [2.75, 3.05) is 216 Å². The number of carbonyl (C=O) groups excluding carboxylic acids is 12. The second-order valence-corrected chi connectivity index (χ2v) is 25.8. The van der Waals surface area contributed by atoms with Gasteiger partial charge in [-0.1, -0.05) is 117 Å². The molecule has 0 fully saturated rings. The number of hydrogen-bond acceptors (Lipinski definition) is 19. The molecule has 0 rings (SSSR count). The zero-order valence-electron chi connectivity index (χ0n) is 74.0. The monoisotopic (exact) mass is 1640 g/mol. The zero-order valence-corrected chi connectivity index (χ0v) is 74.0. The number of rotatable bonds is 33. The average Bonchev–Trinajstić information content (AvgIpc) is 0.896. The van der Waals surface area contributed by atoms with Crippen LogP contribution in [0.2, 0.25) is 0 Å². The first kappa shape index (κ1) is 203. The Hall–Kier alpha value is -4.44. The molecule has 0 aromatic carbocycles. The summed E-state index contributed by atoms with van der Waals surface area (Å²) in [4.78, 5) is 130. The van der Waals surface area contributed by atoms with Gasteiger partial charge in [-0.05, 0) is 158 Å². The maximum absolute atomic E-state index is 10.9. The number of carbonyl (C=O) groups is 12. The fourth-order valence-corrected chi connectivity index (χ4v) is 7.00. The number of nitrogens with one attached hydrogen (secondary N) is 5. The molecular formula is C88H223N12O12-. The van der Waals surface area contributed by atoms with Crippen LogP contribution in [0.15, 0.2) is 0 Å². The van der Waals surface area contributed by atoms with Crippen LogP contribution in [0.4, 0.5) is 0 Å². The van der Waals surface area contributed by atoms with E-state index in [1.54, 1.807) is 97.3 Å². The Kier molecular flexibility index (Phi) is 241. The van der Waals surface area contributed by atoms with Crippen LogP contribution in [-0.2, 0) is 57.5 Å². The Labute approximate surface area is 710 Å². The van der Waals surface area contributed by atoms with Gasteiger partial charge in [0.2, 0.25) is 0 Å². The molecule has 0 saturated carbocycles. The first-order valence-corrected chi connectivity index (χ1v) is 33.5. The van der Waals surface area contributed by atoms with E-state index in [0.29, 0.717) is 64.7 Å². The van der Waals surface area contributed by atoms with E-state index in [0.717, 1.165) is 83.3 Å². The van der Waals surface area contributed by atoms with Crippen LogP contribution in [0.1, 0.15) is 255 Å². The van der Waals surface area contributed by atoms with E-state index in [-0.39, 0.29) is 216 Å². The van der Waals surface area contributed by atoms with Crippen LogP contribution < -0.4 is 31.9 Å². The van der Waals surface area contributed by atoms with Crippen LogP contribution in [0, 0.1) is 44.6 Å². The first-order valence-electron chi connectivity index (χ1n) is 33.5. The van der Waals surface area contributed by atoms with Crippen molar-refractivity contribution in [3.8, 4) is 0 Å². The lowest BCUT2D eigenvalue weighted by Gasteiger charge is -2.34. The molecule has 0 radical (unpaired) electrons. The van der Waals surface area contributed by atoms with Crippen molar-refractivity contribution in [1.82, 2.24) is 31.1 Å². The Morgan fingerprint density at radius 2 is 0.705 bits per heavy atom. The van der Waals surface area contributed by atoms with Gasteiger partial charge in [-0.3, -0.25) is 62.4 Å². The Balaban J connectivity index is -0.0000000231. The van der Waals surface area contributed by atoms with Crippen LogP contribution in [-0.4, -0.2) is 325 Å². The molecule has 2 atom stereocenters. The SMILES string of the molecule is C.C.C.C.C.C.C.C.C.C.C.C.CC(=O)CN.CC(=O)CN(C)C.CC(=O)C[N+](C)(C)C.CC(=O)C[NH+](C)C.CCC(NC)C(C)=O.CCN(CC)CC(C)=O.CCNCC(C)=O.CC[N+](C)(C)CC(C)=O.CC[N+](C)(CC)CC(C)=O.CC[N+](CC)(CC)CC(C)=O.CNC(C)C(C)=O.CNCC(C)=O.[CH3-].[CH3-].[CH3-].[CH3-].[CH3-].[CH3-]. The number of likely N-dealkylation sites (N-methyl/N-ethyl adjacent to an activating group) is 11. The van der Waals surface area contributed by atoms with Crippen molar-refractivity contribution in [1.29, 1.82) is 0 Å².